The molecule has 0 aliphatic carbocycles. The normalized spacial score (nSPS) is 10.8. The van der Waals surface area contributed by atoms with Gasteiger partial charge in [0.1, 0.15) is 5.75 Å². The molecular weight excluding hydrogens is 350 g/mol. The van der Waals surface area contributed by atoms with Gasteiger partial charge >= 0.3 is 0 Å². The van der Waals surface area contributed by atoms with Gasteiger partial charge in [-0.15, -0.1) is 0 Å². The van der Waals surface area contributed by atoms with Gasteiger partial charge in [0.25, 0.3) is 5.91 Å². The maximum atomic E-state index is 12.5. The van der Waals surface area contributed by atoms with Crippen LogP contribution in [-0.2, 0) is 13.1 Å². The van der Waals surface area contributed by atoms with E-state index in [4.69, 9.17) is 22.1 Å². The zero-order valence-corrected chi connectivity index (χ0v) is 16.3. The molecule has 6 heteroatoms. The molecule has 0 heterocycles. The minimum absolute atomic E-state index is 0.254. The molecule has 3 N–H and O–H groups in total. The molecule has 0 aliphatic rings. The first-order valence-corrected chi connectivity index (χ1v) is 9.07. The van der Waals surface area contributed by atoms with Crippen LogP contribution in [-0.4, -0.2) is 31.0 Å². The number of nitrogens with zero attached hydrogens (tertiary/aromatic N) is 1. The summed E-state index contributed by atoms with van der Waals surface area (Å²) in [6.07, 6.45) is 0. The van der Waals surface area contributed by atoms with Crippen LogP contribution >= 0.6 is 11.6 Å². The number of nitrogen functional groups attached to an aromatic ring is 1. The van der Waals surface area contributed by atoms with E-state index in [0.717, 1.165) is 25.2 Å². The summed E-state index contributed by atoms with van der Waals surface area (Å²) in [6, 6.07) is 11.3. The summed E-state index contributed by atoms with van der Waals surface area (Å²) in [7, 11) is 1.49. The number of carbonyl (C=O) groups excluding carboxylic acids is 1. The van der Waals surface area contributed by atoms with E-state index in [1.807, 2.05) is 12.1 Å². The number of hydrogen-bond donors (Lipinski definition) is 2. The van der Waals surface area contributed by atoms with E-state index in [1.54, 1.807) is 6.07 Å². The standard InChI is InChI=1S/C20H26ClN3O2/c1-4-24(5-2)13-15-8-6-14(7-9-15)12-23-20(25)16-10-17(21)18(22)11-19(16)26-3/h6-11H,4-5,12-13,22H2,1-3H3,(H,23,25). The van der Waals surface area contributed by atoms with E-state index in [2.05, 4.69) is 36.2 Å². The Labute approximate surface area is 160 Å². The lowest BCUT2D eigenvalue weighted by molar-refractivity contribution is 0.0948. The third kappa shape index (κ3) is 5.13. The van der Waals surface area contributed by atoms with Crippen LogP contribution in [0.4, 0.5) is 5.69 Å². The predicted octanol–water partition coefficient (Wildman–Crippen LogP) is 3.70. The number of methoxy groups -OCH3 is 1. The van der Waals surface area contributed by atoms with Crippen LogP contribution in [0.1, 0.15) is 35.3 Å². The number of rotatable bonds is 8. The van der Waals surface area contributed by atoms with E-state index >= 15 is 0 Å². The molecule has 0 atom stereocenters. The van der Waals surface area contributed by atoms with Crippen molar-refractivity contribution in [3.63, 3.8) is 0 Å². The van der Waals surface area contributed by atoms with E-state index in [0.29, 0.717) is 28.6 Å². The molecule has 0 aliphatic heterocycles. The van der Waals surface area contributed by atoms with Gasteiger partial charge in [-0.3, -0.25) is 9.69 Å². The summed E-state index contributed by atoms with van der Waals surface area (Å²) in [6.45, 7) is 7.73. The highest BCUT2D eigenvalue weighted by Gasteiger charge is 2.14. The highest BCUT2D eigenvalue weighted by molar-refractivity contribution is 6.33. The number of nitrogens with one attached hydrogen (secondary N) is 1. The summed E-state index contributed by atoms with van der Waals surface area (Å²) in [4.78, 5) is 14.8. The highest BCUT2D eigenvalue weighted by atomic mass is 35.5. The van der Waals surface area contributed by atoms with Crippen LogP contribution in [0, 0.1) is 0 Å². The van der Waals surface area contributed by atoms with Crippen molar-refractivity contribution in [3.05, 3.63) is 58.1 Å². The second-order valence-corrected chi connectivity index (χ2v) is 6.44. The van der Waals surface area contributed by atoms with Crippen molar-refractivity contribution in [1.29, 1.82) is 0 Å². The van der Waals surface area contributed by atoms with Gasteiger partial charge in [0.2, 0.25) is 0 Å². The summed E-state index contributed by atoms with van der Waals surface area (Å²) >= 11 is 6.02. The SMILES string of the molecule is CCN(CC)Cc1ccc(CNC(=O)c2cc(Cl)c(N)cc2OC)cc1. The van der Waals surface area contributed by atoms with Gasteiger partial charge in [-0.05, 0) is 30.3 Å². The topological polar surface area (TPSA) is 67.6 Å². The molecule has 0 unspecified atom stereocenters. The minimum atomic E-state index is -0.254. The van der Waals surface area contributed by atoms with Crippen LogP contribution in [0.5, 0.6) is 5.75 Å². The number of anilines is 1. The Morgan fingerprint density at radius 2 is 1.77 bits per heavy atom. The van der Waals surface area contributed by atoms with Crippen LogP contribution in [0.3, 0.4) is 0 Å². The highest BCUT2D eigenvalue weighted by Crippen LogP contribution is 2.28. The lowest BCUT2D eigenvalue weighted by Gasteiger charge is -2.18. The smallest absolute Gasteiger partial charge is 0.255 e. The van der Waals surface area contributed by atoms with Gasteiger partial charge in [0.05, 0.1) is 23.4 Å². The Hall–Kier alpha value is -2.24. The summed E-state index contributed by atoms with van der Waals surface area (Å²) < 4.78 is 5.22. The fourth-order valence-electron chi connectivity index (χ4n) is 2.66. The van der Waals surface area contributed by atoms with Crippen molar-refractivity contribution in [2.24, 2.45) is 0 Å². The molecule has 140 valence electrons. The van der Waals surface area contributed by atoms with Crippen molar-refractivity contribution in [2.45, 2.75) is 26.9 Å². The van der Waals surface area contributed by atoms with Crippen molar-refractivity contribution in [1.82, 2.24) is 10.2 Å². The van der Waals surface area contributed by atoms with E-state index in [1.165, 1.54) is 18.7 Å². The predicted molar refractivity (Wildman–Crippen MR) is 107 cm³/mol. The Kier molecular flexibility index (Phi) is 7.30. The monoisotopic (exact) mass is 375 g/mol. The molecule has 0 radical (unpaired) electrons. The first-order chi connectivity index (χ1) is 12.5. The number of benzene rings is 2. The van der Waals surface area contributed by atoms with Crippen LogP contribution < -0.4 is 15.8 Å². The fourth-order valence-corrected chi connectivity index (χ4v) is 2.82. The number of carbonyl (C=O) groups is 1. The van der Waals surface area contributed by atoms with Gasteiger partial charge in [-0.25, -0.2) is 0 Å². The Morgan fingerprint density at radius 3 is 2.35 bits per heavy atom. The molecule has 0 aromatic heterocycles. The summed E-state index contributed by atoms with van der Waals surface area (Å²) in [5.74, 6) is 0.148. The first kappa shape index (κ1) is 20.1. The quantitative estimate of drug-likeness (QED) is 0.690. The number of amides is 1. The van der Waals surface area contributed by atoms with Gasteiger partial charge in [-0.1, -0.05) is 49.7 Å². The largest absolute Gasteiger partial charge is 0.496 e. The second kappa shape index (κ2) is 9.46. The fraction of sp³-hybridized carbons (Fsp3) is 0.350. The molecule has 0 spiro atoms. The van der Waals surface area contributed by atoms with E-state index < -0.39 is 0 Å². The molecule has 0 bridgehead atoms. The van der Waals surface area contributed by atoms with Gasteiger partial charge in [0, 0.05) is 19.2 Å². The third-order valence-corrected chi connectivity index (χ3v) is 4.67. The number of halogens is 1. The van der Waals surface area contributed by atoms with E-state index in [9.17, 15) is 4.79 Å². The maximum absolute atomic E-state index is 12.5. The van der Waals surface area contributed by atoms with Gasteiger partial charge in [-0.2, -0.15) is 0 Å². The Bertz CT molecular complexity index is 743. The number of nitrogens with two attached hydrogens (primary N) is 1. The molecule has 2 rings (SSSR count). The van der Waals surface area contributed by atoms with E-state index in [-0.39, 0.29) is 5.91 Å². The molecule has 0 fully saturated rings. The zero-order chi connectivity index (χ0) is 19.1. The summed E-state index contributed by atoms with van der Waals surface area (Å²) in [5, 5.41) is 3.22. The van der Waals surface area contributed by atoms with Crippen molar-refractivity contribution in [2.75, 3.05) is 25.9 Å². The van der Waals surface area contributed by atoms with Crippen LogP contribution in [0.2, 0.25) is 5.02 Å². The van der Waals surface area contributed by atoms with Crippen molar-refractivity contribution in [3.8, 4) is 5.75 Å². The molecule has 0 saturated heterocycles. The number of hydrogen-bond acceptors (Lipinski definition) is 4. The molecule has 1 amide bonds. The average Bonchev–Trinajstić information content (AvgIpc) is 2.66. The lowest BCUT2D eigenvalue weighted by Crippen LogP contribution is -2.24. The maximum Gasteiger partial charge on any atom is 0.255 e. The lowest BCUT2D eigenvalue weighted by atomic mass is 10.1. The van der Waals surface area contributed by atoms with Gasteiger partial charge < -0.3 is 15.8 Å². The van der Waals surface area contributed by atoms with Crippen LogP contribution in [0.25, 0.3) is 0 Å². The molecule has 2 aromatic carbocycles. The third-order valence-electron chi connectivity index (χ3n) is 4.34. The van der Waals surface area contributed by atoms with Crippen LogP contribution in [0.15, 0.2) is 36.4 Å². The minimum Gasteiger partial charge on any atom is -0.496 e. The molecule has 5 nitrogen and oxygen atoms in total. The molecule has 26 heavy (non-hydrogen) atoms. The van der Waals surface area contributed by atoms with Crippen molar-refractivity contribution < 1.29 is 9.53 Å². The van der Waals surface area contributed by atoms with Gasteiger partial charge in [0.15, 0.2) is 0 Å². The first-order valence-electron chi connectivity index (χ1n) is 8.69. The molecule has 0 saturated carbocycles. The van der Waals surface area contributed by atoms with Crippen molar-refractivity contribution >= 4 is 23.2 Å². The zero-order valence-electron chi connectivity index (χ0n) is 15.5. The molecule has 2 aromatic rings. The Morgan fingerprint density at radius 1 is 1.15 bits per heavy atom. The molecular formula is C20H26ClN3O2. The number of ether oxygens (including phenoxy) is 1. The second-order valence-electron chi connectivity index (χ2n) is 6.03. The average molecular weight is 376 g/mol. The summed E-state index contributed by atoms with van der Waals surface area (Å²) in [5.41, 5.74) is 8.79. The Balaban J connectivity index is 2.00.